The highest BCUT2D eigenvalue weighted by molar-refractivity contribution is 5.43. The summed E-state index contributed by atoms with van der Waals surface area (Å²) in [5, 5.41) is 2.85. The van der Waals surface area contributed by atoms with Crippen LogP contribution in [-0.4, -0.2) is 30.1 Å². The number of aromatic nitrogens is 2. The maximum absolute atomic E-state index is 13.8. The van der Waals surface area contributed by atoms with E-state index >= 15 is 0 Å². The van der Waals surface area contributed by atoms with Gasteiger partial charge in [-0.15, -0.1) is 0 Å². The third-order valence-corrected chi connectivity index (χ3v) is 3.66. The van der Waals surface area contributed by atoms with Gasteiger partial charge in [-0.05, 0) is 12.8 Å². The Kier molecular flexibility index (Phi) is 4.33. The molecule has 1 aromatic rings. The Morgan fingerprint density at radius 3 is 2.56 bits per heavy atom. The van der Waals surface area contributed by atoms with Gasteiger partial charge in [-0.3, -0.25) is 0 Å². The molecule has 0 spiro atoms. The van der Waals surface area contributed by atoms with Crippen molar-refractivity contribution in [1.82, 2.24) is 9.97 Å². The minimum atomic E-state index is -0.347. The molecule has 1 heterocycles. The van der Waals surface area contributed by atoms with Crippen LogP contribution in [0.3, 0.4) is 0 Å². The first-order chi connectivity index (χ1) is 8.72. The van der Waals surface area contributed by atoms with Crippen molar-refractivity contribution in [1.29, 1.82) is 0 Å². The number of nitrogens with one attached hydrogen (secondary N) is 1. The topological polar surface area (TPSA) is 41.1 Å². The fourth-order valence-corrected chi connectivity index (χ4v) is 2.54. The molecule has 18 heavy (non-hydrogen) atoms. The van der Waals surface area contributed by atoms with Gasteiger partial charge in [0.05, 0.1) is 6.20 Å². The average Bonchev–Trinajstić information content (AvgIpc) is 2.67. The molecular weight excluding hydrogens is 231 g/mol. The Morgan fingerprint density at radius 2 is 1.94 bits per heavy atom. The first-order valence-electron chi connectivity index (χ1n) is 6.65. The fraction of sp³-hybridized carbons (Fsp3) is 0.692. The van der Waals surface area contributed by atoms with E-state index in [0.717, 1.165) is 12.8 Å². The Morgan fingerprint density at radius 1 is 1.28 bits per heavy atom. The lowest BCUT2D eigenvalue weighted by molar-refractivity contribution is 0.530. The zero-order valence-corrected chi connectivity index (χ0v) is 11.1. The quantitative estimate of drug-likeness (QED) is 0.840. The lowest BCUT2D eigenvalue weighted by atomic mass is 10.1. The average molecular weight is 252 g/mol. The molecule has 0 aromatic carbocycles. The van der Waals surface area contributed by atoms with Gasteiger partial charge in [0.25, 0.3) is 0 Å². The normalized spacial score (nSPS) is 17.3. The summed E-state index contributed by atoms with van der Waals surface area (Å²) in [7, 11) is 3.67. The van der Waals surface area contributed by atoms with Gasteiger partial charge in [0.15, 0.2) is 11.6 Å². The molecule has 1 fully saturated rings. The maximum atomic E-state index is 13.8. The monoisotopic (exact) mass is 252 g/mol. The molecule has 4 nitrogen and oxygen atoms in total. The van der Waals surface area contributed by atoms with Gasteiger partial charge in [0.1, 0.15) is 0 Å². The second-order valence-corrected chi connectivity index (χ2v) is 4.87. The van der Waals surface area contributed by atoms with Crippen LogP contribution >= 0.6 is 0 Å². The van der Waals surface area contributed by atoms with E-state index in [-0.39, 0.29) is 5.82 Å². The first-order valence-corrected chi connectivity index (χ1v) is 6.65. The van der Waals surface area contributed by atoms with Crippen molar-refractivity contribution in [2.75, 3.05) is 24.3 Å². The molecule has 1 aromatic heterocycles. The third kappa shape index (κ3) is 2.89. The van der Waals surface area contributed by atoms with Crippen LogP contribution < -0.4 is 10.2 Å². The van der Waals surface area contributed by atoms with Crippen molar-refractivity contribution in [2.24, 2.45) is 0 Å². The zero-order valence-electron chi connectivity index (χ0n) is 11.1. The lowest BCUT2D eigenvalue weighted by Gasteiger charge is -2.28. The van der Waals surface area contributed by atoms with Crippen LogP contribution in [0.15, 0.2) is 6.20 Å². The van der Waals surface area contributed by atoms with E-state index in [0.29, 0.717) is 17.8 Å². The number of anilines is 2. The Balaban J connectivity index is 2.18. The molecule has 0 atom stereocenters. The van der Waals surface area contributed by atoms with Crippen LogP contribution in [-0.2, 0) is 0 Å². The van der Waals surface area contributed by atoms with Gasteiger partial charge in [-0.25, -0.2) is 9.37 Å². The van der Waals surface area contributed by atoms with Crippen molar-refractivity contribution in [3.8, 4) is 0 Å². The van der Waals surface area contributed by atoms with E-state index in [1.165, 1.54) is 31.9 Å². The van der Waals surface area contributed by atoms with Crippen molar-refractivity contribution < 1.29 is 4.39 Å². The molecule has 100 valence electrons. The van der Waals surface area contributed by atoms with E-state index in [9.17, 15) is 4.39 Å². The smallest absolute Gasteiger partial charge is 0.224 e. The summed E-state index contributed by atoms with van der Waals surface area (Å²) in [6, 6.07) is 0.390. The van der Waals surface area contributed by atoms with E-state index in [2.05, 4.69) is 15.3 Å². The standard InChI is InChI=1S/C13H21FN4/c1-15-13-16-9-11(14)12(17-13)18(2)10-7-5-3-4-6-8-10/h9-10H,3-8H2,1-2H3,(H,15,16,17). The highest BCUT2D eigenvalue weighted by Crippen LogP contribution is 2.26. The predicted octanol–water partition coefficient (Wildman–Crippen LogP) is 2.82. The molecule has 1 aliphatic carbocycles. The summed E-state index contributed by atoms with van der Waals surface area (Å²) in [6.45, 7) is 0. The Labute approximate surface area is 108 Å². The molecule has 1 N–H and O–H groups in total. The van der Waals surface area contributed by atoms with Crippen molar-refractivity contribution >= 4 is 11.8 Å². The largest absolute Gasteiger partial charge is 0.357 e. The Hall–Kier alpha value is -1.39. The summed E-state index contributed by atoms with van der Waals surface area (Å²) in [4.78, 5) is 10.1. The van der Waals surface area contributed by atoms with Crippen LogP contribution in [0.25, 0.3) is 0 Å². The SMILES string of the molecule is CNc1ncc(F)c(N(C)C2CCCCCC2)n1. The number of hydrogen-bond acceptors (Lipinski definition) is 4. The number of nitrogens with zero attached hydrogens (tertiary/aromatic N) is 3. The molecule has 0 aliphatic heterocycles. The molecular formula is C13H21FN4. The molecule has 0 unspecified atom stereocenters. The van der Waals surface area contributed by atoms with Crippen LogP contribution in [0, 0.1) is 5.82 Å². The van der Waals surface area contributed by atoms with Crippen LogP contribution in [0.1, 0.15) is 38.5 Å². The second-order valence-electron chi connectivity index (χ2n) is 4.87. The van der Waals surface area contributed by atoms with Crippen LogP contribution in [0.5, 0.6) is 0 Å². The fourth-order valence-electron chi connectivity index (χ4n) is 2.54. The Bertz CT molecular complexity index is 389. The second kappa shape index (κ2) is 5.98. The summed E-state index contributed by atoms with van der Waals surface area (Å²) in [5.74, 6) is 0.522. The predicted molar refractivity (Wildman–Crippen MR) is 71.4 cm³/mol. The summed E-state index contributed by atoms with van der Waals surface area (Å²) < 4.78 is 13.8. The van der Waals surface area contributed by atoms with Crippen molar-refractivity contribution in [2.45, 2.75) is 44.6 Å². The van der Waals surface area contributed by atoms with Crippen molar-refractivity contribution in [3.05, 3.63) is 12.0 Å². The van der Waals surface area contributed by atoms with Gasteiger partial charge < -0.3 is 10.2 Å². The van der Waals surface area contributed by atoms with E-state index in [1.807, 2.05) is 11.9 Å². The van der Waals surface area contributed by atoms with Gasteiger partial charge in [0, 0.05) is 20.1 Å². The third-order valence-electron chi connectivity index (χ3n) is 3.66. The van der Waals surface area contributed by atoms with Gasteiger partial charge in [-0.1, -0.05) is 25.7 Å². The molecule has 2 rings (SSSR count). The summed E-state index contributed by atoms with van der Waals surface area (Å²) >= 11 is 0. The van der Waals surface area contributed by atoms with Crippen molar-refractivity contribution in [3.63, 3.8) is 0 Å². The molecule has 1 aliphatic rings. The highest BCUT2D eigenvalue weighted by Gasteiger charge is 2.21. The summed E-state index contributed by atoms with van der Waals surface area (Å²) in [5.41, 5.74) is 0. The minimum Gasteiger partial charge on any atom is -0.357 e. The van der Waals surface area contributed by atoms with Gasteiger partial charge in [-0.2, -0.15) is 4.98 Å². The lowest BCUT2D eigenvalue weighted by Crippen LogP contribution is -2.32. The molecule has 0 saturated heterocycles. The molecule has 0 amide bonds. The highest BCUT2D eigenvalue weighted by atomic mass is 19.1. The molecule has 5 heteroatoms. The number of halogens is 1. The van der Waals surface area contributed by atoms with Crippen LogP contribution in [0.2, 0.25) is 0 Å². The number of rotatable bonds is 3. The number of hydrogen-bond donors (Lipinski definition) is 1. The van der Waals surface area contributed by atoms with E-state index in [4.69, 9.17) is 0 Å². The van der Waals surface area contributed by atoms with E-state index in [1.54, 1.807) is 7.05 Å². The molecule has 1 saturated carbocycles. The zero-order chi connectivity index (χ0) is 13.0. The minimum absolute atomic E-state index is 0.347. The van der Waals surface area contributed by atoms with Gasteiger partial charge >= 0.3 is 0 Å². The first kappa shape index (κ1) is 13.1. The maximum Gasteiger partial charge on any atom is 0.224 e. The van der Waals surface area contributed by atoms with Gasteiger partial charge in [0.2, 0.25) is 5.95 Å². The van der Waals surface area contributed by atoms with E-state index < -0.39 is 0 Å². The molecule has 0 bridgehead atoms. The molecule has 0 radical (unpaired) electrons. The van der Waals surface area contributed by atoms with Crippen LogP contribution in [0.4, 0.5) is 16.2 Å². The summed E-state index contributed by atoms with van der Waals surface area (Å²) in [6.07, 6.45) is 8.50.